The highest BCUT2D eigenvalue weighted by Crippen LogP contribution is 2.59. The van der Waals surface area contributed by atoms with E-state index >= 15 is 0 Å². The lowest BCUT2D eigenvalue weighted by Gasteiger charge is -2.19. The summed E-state index contributed by atoms with van der Waals surface area (Å²) in [7, 11) is 1.47. The Morgan fingerprint density at radius 1 is 1.16 bits per heavy atom. The van der Waals surface area contributed by atoms with E-state index in [0.29, 0.717) is 17.2 Å². The van der Waals surface area contributed by atoms with Gasteiger partial charge in [-0.05, 0) is 19.1 Å². The van der Waals surface area contributed by atoms with Crippen molar-refractivity contribution in [2.45, 2.75) is 18.9 Å². The average Bonchev–Trinajstić information content (AvgIpc) is 3.32. The quantitative estimate of drug-likeness (QED) is 0.408. The molecule has 12 nitrogen and oxygen atoms in total. The zero-order chi connectivity index (χ0) is 26.1. The first-order valence-corrected chi connectivity index (χ1v) is 11.5. The first kappa shape index (κ1) is 22.9. The molecule has 1 saturated carbocycles. The molecule has 0 radical (unpaired) electrons. The van der Waals surface area contributed by atoms with Crippen LogP contribution in [-0.2, 0) is 11.8 Å². The molecule has 190 valence electrons. The molecule has 0 spiro atoms. The average molecular weight is 509 g/mol. The number of hydrogen-bond donors (Lipinski definition) is 2. The minimum absolute atomic E-state index is 0.0997. The van der Waals surface area contributed by atoms with Gasteiger partial charge in [-0.15, -0.1) is 0 Å². The number of nitrogens with one attached hydrogen (secondary N) is 2. The predicted octanol–water partition coefficient (Wildman–Crippen LogP) is 1.18. The molecule has 6 rings (SSSR count). The molecule has 1 amide bonds. The number of piperidine rings is 1. The van der Waals surface area contributed by atoms with Crippen molar-refractivity contribution < 1.29 is 13.6 Å². The van der Waals surface area contributed by atoms with Crippen molar-refractivity contribution >= 4 is 28.8 Å². The minimum Gasteiger partial charge on any atom is -0.340 e. The van der Waals surface area contributed by atoms with Crippen molar-refractivity contribution in [1.82, 2.24) is 34.1 Å². The third-order valence-electron chi connectivity index (χ3n) is 7.05. The number of carbonyl (C=O) groups excluding carboxylic acids is 1. The van der Waals surface area contributed by atoms with E-state index in [2.05, 4.69) is 30.2 Å². The molecular weight excluding hydrogens is 488 g/mol. The smallest absolute Gasteiger partial charge is 0.329 e. The van der Waals surface area contributed by atoms with Crippen LogP contribution in [0.2, 0.25) is 0 Å². The van der Waals surface area contributed by atoms with E-state index in [1.807, 2.05) is 0 Å². The molecule has 2 N–H and O–H groups in total. The van der Waals surface area contributed by atoms with Gasteiger partial charge in [0.1, 0.15) is 11.9 Å². The highest BCUT2D eigenvalue weighted by Gasteiger charge is 2.72. The van der Waals surface area contributed by atoms with E-state index in [1.165, 1.54) is 22.5 Å². The van der Waals surface area contributed by atoms with Crippen molar-refractivity contribution in [2.75, 3.05) is 23.3 Å². The number of fused-ring (bicyclic) bond motifs is 2. The molecule has 0 aromatic carbocycles. The Hall–Kier alpha value is -4.49. The number of amides is 1. The number of imidazole rings is 1. The SMILES string of the molecule is C[C@@H](C(=O)Nc1cccc(-c2cnc(N3CC4C(C3)C4(F)F)nc2)n1)n1cnc2c1c(=O)[nH]c(=O)n2C. The van der Waals surface area contributed by atoms with Crippen LogP contribution >= 0.6 is 0 Å². The van der Waals surface area contributed by atoms with Crippen molar-refractivity contribution in [3.8, 4) is 11.3 Å². The summed E-state index contributed by atoms with van der Waals surface area (Å²) in [6, 6.07) is 4.21. The normalized spacial score (nSPS) is 20.6. The molecule has 5 heterocycles. The molecular formula is C23H21F2N9O3. The van der Waals surface area contributed by atoms with Gasteiger partial charge in [0.2, 0.25) is 11.9 Å². The first-order valence-electron chi connectivity index (χ1n) is 11.5. The maximum absolute atomic E-state index is 13.5. The number of aryl methyl sites for hydroxylation is 1. The number of aromatic amines is 1. The number of hydrogen-bond acceptors (Lipinski definition) is 8. The highest BCUT2D eigenvalue weighted by atomic mass is 19.3. The summed E-state index contributed by atoms with van der Waals surface area (Å²) in [6.45, 7) is 2.07. The number of H-pyrrole nitrogens is 1. The lowest BCUT2D eigenvalue weighted by atomic mass is 10.2. The van der Waals surface area contributed by atoms with Crippen LogP contribution in [0, 0.1) is 11.8 Å². The van der Waals surface area contributed by atoms with Crippen LogP contribution in [0.3, 0.4) is 0 Å². The van der Waals surface area contributed by atoms with E-state index in [0.717, 1.165) is 0 Å². The summed E-state index contributed by atoms with van der Waals surface area (Å²) in [5.74, 6) is -3.59. The molecule has 37 heavy (non-hydrogen) atoms. The predicted molar refractivity (Wildman–Crippen MR) is 128 cm³/mol. The fourth-order valence-electron chi connectivity index (χ4n) is 4.76. The third kappa shape index (κ3) is 3.67. The lowest BCUT2D eigenvalue weighted by Crippen LogP contribution is -2.31. The second-order valence-corrected chi connectivity index (χ2v) is 9.28. The Morgan fingerprint density at radius 3 is 2.57 bits per heavy atom. The van der Waals surface area contributed by atoms with Gasteiger partial charge in [-0.25, -0.2) is 33.5 Å². The second kappa shape index (κ2) is 8.01. The third-order valence-corrected chi connectivity index (χ3v) is 7.05. The maximum atomic E-state index is 13.5. The van der Waals surface area contributed by atoms with E-state index in [4.69, 9.17) is 0 Å². The summed E-state index contributed by atoms with van der Waals surface area (Å²) in [5.41, 5.74) is 0.122. The molecule has 1 saturated heterocycles. The number of aromatic nitrogens is 7. The van der Waals surface area contributed by atoms with E-state index in [-0.39, 0.29) is 30.1 Å². The number of carbonyl (C=O) groups is 1. The standard InChI is InChI=1S/C23H21F2N9O3/c1-11(34-10-28-18-17(34)20(36)31-22(37)32(18)2)19(35)30-16-5-3-4-15(29-16)12-6-26-21(27-7-12)33-8-13-14(9-33)23(13,24)25/h3-7,10-11,13-14H,8-9H2,1-2H3,(H,29,30,35)(H,31,36,37)/t11-,13?,14?/m0/s1. The summed E-state index contributed by atoms with van der Waals surface area (Å²) in [4.78, 5) is 58.3. The summed E-state index contributed by atoms with van der Waals surface area (Å²) in [6.07, 6.45) is 4.46. The number of nitrogens with zero attached hydrogens (tertiary/aromatic N) is 7. The van der Waals surface area contributed by atoms with Crippen LogP contribution in [0.15, 0.2) is 46.5 Å². The van der Waals surface area contributed by atoms with Crippen LogP contribution in [0.25, 0.3) is 22.4 Å². The second-order valence-electron chi connectivity index (χ2n) is 9.28. The summed E-state index contributed by atoms with van der Waals surface area (Å²) in [5, 5.41) is 2.72. The zero-order valence-corrected chi connectivity index (χ0v) is 19.7. The van der Waals surface area contributed by atoms with Crippen molar-refractivity contribution in [2.24, 2.45) is 18.9 Å². The van der Waals surface area contributed by atoms with E-state index < -0.39 is 41.0 Å². The van der Waals surface area contributed by atoms with Gasteiger partial charge in [0.05, 0.1) is 23.9 Å². The topological polar surface area (TPSA) is 144 Å². The molecule has 4 aromatic heterocycles. The molecule has 4 aromatic rings. The van der Waals surface area contributed by atoms with Crippen molar-refractivity contribution in [3.63, 3.8) is 0 Å². The van der Waals surface area contributed by atoms with E-state index in [9.17, 15) is 23.2 Å². The minimum atomic E-state index is -2.57. The largest absolute Gasteiger partial charge is 0.340 e. The van der Waals surface area contributed by atoms with Gasteiger partial charge < -0.3 is 14.8 Å². The monoisotopic (exact) mass is 509 g/mol. The lowest BCUT2D eigenvalue weighted by molar-refractivity contribution is -0.118. The first-order chi connectivity index (χ1) is 17.6. The molecule has 3 atom stereocenters. The van der Waals surface area contributed by atoms with Gasteiger partial charge in [-0.2, -0.15) is 0 Å². The van der Waals surface area contributed by atoms with Gasteiger partial charge in [-0.3, -0.25) is 19.1 Å². The Kier molecular flexibility index (Phi) is 4.97. The number of anilines is 2. The number of rotatable bonds is 5. The van der Waals surface area contributed by atoms with Gasteiger partial charge in [0.15, 0.2) is 11.2 Å². The van der Waals surface area contributed by atoms with Crippen LogP contribution in [0.1, 0.15) is 13.0 Å². The Bertz CT molecular complexity index is 1650. The number of pyridine rings is 1. The van der Waals surface area contributed by atoms with E-state index in [1.54, 1.807) is 42.4 Å². The zero-order valence-electron chi connectivity index (χ0n) is 19.7. The maximum Gasteiger partial charge on any atom is 0.329 e. The van der Waals surface area contributed by atoms with Gasteiger partial charge in [0, 0.05) is 38.1 Å². The van der Waals surface area contributed by atoms with Gasteiger partial charge in [-0.1, -0.05) is 6.07 Å². The summed E-state index contributed by atoms with van der Waals surface area (Å²) < 4.78 is 29.5. The Balaban J connectivity index is 1.18. The van der Waals surface area contributed by atoms with Gasteiger partial charge >= 0.3 is 5.69 Å². The fourth-order valence-corrected chi connectivity index (χ4v) is 4.76. The molecule has 1 aliphatic carbocycles. The molecule has 2 unspecified atom stereocenters. The number of halogens is 2. The summed E-state index contributed by atoms with van der Waals surface area (Å²) >= 11 is 0. The number of alkyl halides is 2. The van der Waals surface area contributed by atoms with Gasteiger partial charge in [0.25, 0.3) is 11.5 Å². The van der Waals surface area contributed by atoms with Crippen molar-refractivity contribution in [3.05, 3.63) is 57.8 Å². The molecule has 1 aliphatic heterocycles. The van der Waals surface area contributed by atoms with Crippen LogP contribution in [0.5, 0.6) is 0 Å². The molecule has 2 fully saturated rings. The Labute approximate surface area is 207 Å². The van der Waals surface area contributed by atoms with Crippen LogP contribution in [-0.4, -0.2) is 59.0 Å². The molecule has 0 bridgehead atoms. The molecule has 2 aliphatic rings. The highest BCUT2D eigenvalue weighted by molar-refractivity contribution is 5.93. The molecule has 14 heteroatoms. The van der Waals surface area contributed by atoms with Crippen LogP contribution < -0.4 is 21.5 Å². The van der Waals surface area contributed by atoms with Crippen molar-refractivity contribution in [1.29, 1.82) is 0 Å². The fraction of sp³-hybridized carbons (Fsp3) is 0.348. The van der Waals surface area contributed by atoms with Crippen LogP contribution in [0.4, 0.5) is 20.5 Å². The Morgan fingerprint density at radius 2 is 1.86 bits per heavy atom.